The number of aromatic nitrogens is 2. The Balaban J connectivity index is 1.59. The number of anilines is 4. The van der Waals surface area contributed by atoms with Crippen molar-refractivity contribution in [2.24, 2.45) is 0 Å². The molecule has 186 valence electrons. The summed E-state index contributed by atoms with van der Waals surface area (Å²) in [6.07, 6.45) is 2.54. The number of halogens is 3. The van der Waals surface area contributed by atoms with Gasteiger partial charge in [-0.05, 0) is 67.9 Å². The quantitative estimate of drug-likeness (QED) is 0.337. The zero-order valence-corrected chi connectivity index (χ0v) is 20.0. The largest absolute Gasteiger partial charge is 0.488 e. The Bertz CT molecular complexity index is 1110. The van der Waals surface area contributed by atoms with Crippen molar-refractivity contribution in [2.75, 3.05) is 10.6 Å². The Hall–Kier alpha value is -3.29. The normalized spacial score (nSPS) is 15.5. The van der Waals surface area contributed by atoms with Gasteiger partial charge in [0.1, 0.15) is 17.1 Å². The van der Waals surface area contributed by atoms with Gasteiger partial charge in [0.05, 0.1) is 11.8 Å². The first kappa shape index (κ1) is 24.8. The summed E-state index contributed by atoms with van der Waals surface area (Å²) >= 11 is 0. The molecule has 1 unspecified atom stereocenters. The van der Waals surface area contributed by atoms with Crippen LogP contribution in [0.3, 0.4) is 0 Å². The molecule has 2 aromatic carbocycles. The second-order valence-corrected chi connectivity index (χ2v) is 9.01. The highest BCUT2D eigenvalue weighted by Crippen LogP contribution is 2.38. The molecule has 0 radical (unpaired) electrons. The van der Waals surface area contributed by atoms with Gasteiger partial charge in [0.25, 0.3) is 0 Å². The predicted molar refractivity (Wildman–Crippen MR) is 133 cm³/mol. The molecule has 8 heteroatoms. The highest BCUT2D eigenvalue weighted by Gasteiger charge is 2.35. The molecular formula is C27H31F3N4O. The molecule has 1 aliphatic carbocycles. The molecule has 1 aromatic heterocycles. The van der Waals surface area contributed by atoms with E-state index in [-0.39, 0.29) is 17.9 Å². The number of hydrogen-bond donors (Lipinski definition) is 2. The van der Waals surface area contributed by atoms with Gasteiger partial charge in [-0.15, -0.1) is 0 Å². The molecule has 5 nitrogen and oxygen atoms in total. The van der Waals surface area contributed by atoms with Crippen molar-refractivity contribution in [1.82, 2.24) is 9.97 Å². The minimum Gasteiger partial charge on any atom is -0.488 e. The van der Waals surface area contributed by atoms with Crippen LogP contribution >= 0.6 is 0 Å². The third-order valence-corrected chi connectivity index (χ3v) is 6.43. The van der Waals surface area contributed by atoms with Crippen molar-refractivity contribution in [3.63, 3.8) is 0 Å². The Morgan fingerprint density at radius 1 is 1.00 bits per heavy atom. The van der Waals surface area contributed by atoms with Crippen LogP contribution in [0.1, 0.15) is 69.4 Å². The van der Waals surface area contributed by atoms with Crippen LogP contribution in [0.25, 0.3) is 0 Å². The highest BCUT2D eigenvalue weighted by molar-refractivity contribution is 5.67. The average Bonchev–Trinajstić information content (AvgIpc) is 2.85. The second-order valence-electron chi connectivity index (χ2n) is 9.01. The Morgan fingerprint density at radius 3 is 2.40 bits per heavy atom. The first-order valence-corrected chi connectivity index (χ1v) is 12.2. The molecule has 1 heterocycles. The summed E-state index contributed by atoms with van der Waals surface area (Å²) < 4.78 is 47.4. The molecule has 0 spiro atoms. The van der Waals surface area contributed by atoms with Gasteiger partial charge in [0, 0.05) is 11.9 Å². The molecule has 0 aliphatic heterocycles. The minimum atomic E-state index is -4.61. The summed E-state index contributed by atoms with van der Waals surface area (Å²) in [7, 11) is 0. The van der Waals surface area contributed by atoms with Crippen LogP contribution in [0.2, 0.25) is 0 Å². The van der Waals surface area contributed by atoms with Gasteiger partial charge < -0.3 is 15.4 Å². The van der Waals surface area contributed by atoms with Gasteiger partial charge in [0.15, 0.2) is 0 Å². The molecule has 1 atom stereocenters. The summed E-state index contributed by atoms with van der Waals surface area (Å²) in [6.45, 7) is 4.27. The lowest BCUT2D eigenvalue weighted by Gasteiger charge is -2.24. The van der Waals surface area contributed by atoms with Crippen molar-refractivity contribution >= 4 is 23.1 Å². The van der Waals surface area contributed by atoms with Gasteiger partial charge in [-0.1, -0.05) is 44.5 Å². The standard InChI is InChI=1S/C27H31F3N4O/c1-3-18(2)19-13-15-20(16-14-19)32-26-31-17-22(27(28,29)30)25(34-26)33-23-11-7-8-12-24(23)35-21-9-5-4-6-10-21/h7-8,11-18,21H,3-6,9-10H2,1-2H3,(H2,31,32,33,34). The van der Waals surface area contributed by atoms with Crippen molar-refractivity contribution in [1.29, 1.82) is 0 Å². The van der Waals surface area contributed by atoms with Gasteiger partial charge in [-0.2, -0.15) is 18.2 Å². The fourth-order valence-electron chi connectivity index (χ4n) is 4.17. The first-order chi connectivity index (χ1) is 16.8. The molecule has 0 bridgehead atoms. The number of para-hydroxylation sites is 2. The van der Waals surface area contributed by atoms with E-state index in [1.165, 1.54) is 12.0 Å². The van der Waals surface area contributed by atoms with E-state index >= 15 is 0 Å². The fourth-order valence-corrected chi connectivity index (χ4v) is 4.17. The zero-order valence-electron chi connectivity index (χ0n) is 20.0. The molecule has 1 saturated carbocycles. The maximum Gasteiger partial charge on any atom is 0.421 e. The molecule has 4 rings (SSSR count). The lowest BCUT2D eigenvalue weighted by atomic mass is 9.98. The number of ether oxygens (including phenoxy) is 1. The van der Waals surface area contributed by atoms with E-state index in [1.807, 2.05) is 30.3 Å². The third kappa shape index (κ3) is 6.44. The topological polar surface area (TPSA) is 59.1 Å². The molecular weight excluding hydrogens is 453 g/mol. The molecule has 35 heavy (non-hydrogen) atoms. The van der Waals surface area contributed by atoms with Gasteiger partial charge in [-0.3, -0.25) is 0 Å². The van der Waals surface area contributed by atoms with E-state index in [9.17, 15) is 13.2 Å². The van der Waals surface area contributed by atoms with E-state index in [4.69, 9.17) is 4.74 Å². The van der Waals surface area contributed by atoms with E-state index < -0.39 is 11.7 Å². The number of alkyl halides is 3. The molecule has 0 amide bonds. The summed E-state index contributed by atoms with van der Waals surface area (Å²) in [4.78, 5) is 8.10. The maximum absolute atomic E-state index is 13.8. The van der Waals surface area contributed by atoms with Gasteiger partial charge >= 0.3 is 6.18 Å². The van der Waals surface area contributed by atoms with Crippen molar-refractivity contribution < 1.29 is 17.9 Å². The van der Waals surface area contributed by atoms with E-state index in [0.29, 0.717) is 23.0 Å². The van der Waals surface area contributed by atoms with Crippen LogP contribution in [0.4, 0.5) is 36.3 Å². The predicted octanol–water partition coefficient (Wildman–Crippen LogP) is 8.21. The van der Waals surface area contributed by atoms with Crippen LogP contribution in [-0.4, -0.2) is 16.1 Å². The van der Waals surface area contributed by atoms with Gasteiger partial charge in [-0.25, -0.2) is 4.98 Å². The molecule has 1 aliphatic rings. The minimum absolute atomic E-state index is 0.0646. The summed E-state index contributed by atoms with van der Waals surface area (Å²) in [5.74, 6) is 0.688. The average molecular weight is 485 g/mol. The van der Waals surface area contributed by atoms with Crippen LogP contribution in [-0.2, 0) is 6.18 Å². The van der Waals surface area contributed by atoms with Crippen LogP contribution in [0.5, 0.6) is 5.75 Å². The third-order valence-electron chi connectivity index (χ3n) is 6.43. The summed E-state index contributed by atoms with van der Waals surface area (Å²) in [5.41, 5.74) is 1.39. The van der Waals surface area contributed by atoms with E-state index in [1.54, 1.807) is 18.2 Å². The van der Waals surface area contributed by atoms with Crippen LogP contribution in [0.15, 0.2) is 54.7 Å². The number of hydrogen-bond acceptors (Lipinski definition) is 5. The van der Waals surface area contributed by atoms with E-state index in [2.05, 4.69) is 34.4 Å². The lowest BCUT2D eigenvalue weighted by molar-refractivity contribution is -0.137. The summed E-state index contributed by atoms with van der Waals surface area (Å²) in [6, 6.07) is 14.8. The smallest absolute Gasteiger partial charge is 0.421 e. The molecule has 1 fully saturated rings. The van der Waals surface area contributed by atoms with E-state index in [0.717, 1.165) is 38.3 Å². The Kier molecular flexibility index (Phi) is 7.78. The molecule has 0 saturated heterocycles. The second kappa shape index (κ2) is 11.0. The monoisotopic (exact) mass is 484 g/mol. The van der Waals surface area contributed by atoms with Gasteiger partial charge in [0.2, 0.25) is 5.95 Å². The number of nitrogens with zero attached hydrogens (tertiary/aromatic N) is 2. The SMILES string of the molecule is CCC(C)c1ccc(Nc2ncc(C(F)(F)F)c(Nc3ccccc3OC3CCCCC3)n2)cc1. The summed E-state index contributed by atoms with van der Waals surface area (Å²) in [5, 5.41) is 5.87. The highest BCUT2D eigenvalue weighted by atomic mass is 19.4. The fraction of sp³-hybridized carbons (Fsp3) is 0.407. The number of rotatable bonds is 8. The van der Waals surface area contributed by atoms with Crippen molar-refractivity contribution in [3.05, 3.63) is 65.9 Å². The number of nitrogens with one attached hydrogen (secondary N) is 2. The lowest BCUT2D eigenvalue weighted by Crippen LogP contribution is -2.20. The Labute approximate surface area is 204 Å². The zero-order chi connectivity index (χ0) is 24.8. The maximum atomic E-state index is 13.8. The van der Waals surface area contributed by atoms with Crippen molar-refractivity contribution in [2.45, 2.75) is 70.6 Å². The van der Waals surface area contributed by atoms with Crippen molar-refractivity contribution in [3.8, 4) is 5.75 Å². The first-order valence-electron chi connectivity index (χ1n) is 12.2. The molecule has 3 aromatic rings. The molecule has 2 N–H and O–H groups in total. The van der Waals surface area contributed by atoms with Crippen LogP contribution < -0.4 is 15.4 Å². The Morgan fingerprint density at radius 2 is 1.71 bits per heavy atom. The number of benzene rings is 2. The van der Waals surface area contributed by atoms with Crippen LogP contribution in [0, 0.1) is 0 Å².